The number of carbonyl (C=O) groups excluding carboxylic acids is 2. The molecule has 0 fully saturated rings. The molecule has 1 heterocycles. The van der Waals surface area contributed by atoms with E-state index >= 15 is 0 Å². The second kappa shape index (κ2) is 7.59. The van der Waals surface area contributed by atoms with Crippen molar-refractivity contribution in [3.63, 3.8) is 0 Å². The van der Waals surface area contributed by atoms with E-state index in [-0.39, 0.29) is 5.91 Å². The Hall–Kier alpha value is -2.89. The van der Waals surface area contributed by atoms with E-state index in [4.69, 9.17) is 4.74 Å². The Bertz CT molecular complexity index is 776. The summed E-state index contributed by atoms with van der Waals surface area (Å²) in [4.78, 5) is 24.0. The minimum absolute atomic E-state index is 0.290. The highest BCUT2D eigenvalue weighted by molar-refractivity contribution is 5.98. The van der Waals surface area contributed by atoms with E-state index in [1.165, 1.54) is 6.08 Å². The first kappa shape index (κ1) is 17.5. The van der Waals surface area contributed by atoms with Gasteiger partial charge in [-0.1, -0.05) is 18.2 Å². The van der Waals surface area contributed by atoms with Crippen molar-refractivity contribution in [2.24, 2.45) is 0 Å². The quantitative estimate of drug-likeness (QED) is 0.677. The average Bonchev–Trinajstić information content (AvgIpc) is 2.83. The van der Waals surface area contributed by atoms with Gasteiger partial charge >= 0.3 is 5.97 Å². The topological polar surface area (TPSA) is 73.2 Å². The van der Waals surface area contributed by atoms with Gasteiger partial charge in [0, 0.05) is 11.8 Å². The molecule has 0 atom stereocenters. The van der Waals surface area contributed by atoms with Crippen molar-refractivity contribution in [2.75, 3.05) is 6.61 Å². The maximum Gasteiger partial charge on any atom is 0.332 e. The fourth-order valence-electron chi connectivity index (χ4n) is 2.43. The van der Waals surface area contributed by atoms with Gasteiger partial charge in [-0.2, -0.15) is 5.10 Å². The molecule has 1 N–H and O–H groups in total. The lowest BCUT2D eigenvalue weighted by Crippen LogP contribution is -2.23. The average molecular weight is 327 g/mol. The van der Waals surface area contributed by atoms with E-state index in [9.17, 15) is 9.59 Å². The molecule has 0 radical (unpaired) electrons. The number of hydrogen-bond acceptors (Lipinski definition) is 4. The van der Waals surface area contributed by atoms with Crippen molar-refractivity contribution in [3.8, 4) is 5.69 Å². The van der Waals surface area contributed by atoms with Crippen LogP contribution in [0.4, 0.5) is 0 Å². The number of amides is 1. The van der Waals surface area contributed by atoms with Gasteiger partial charge in [0.2, 0.25) is 0 Å². The summed E-state index contributed by atoms with van der Waals surface area (Å²) in [5.74, 6) is -0.783. The van der Waals surface area contributed by atoms with Crippen LogP contribution < -0.4 is 5.32 Å². The molecule has 24 heavy (non-hydrogen) atoms. The van der Waals surface area contributed by atoms with E-state index in [0.717, 1.165) is 11.4 Å². The Morgan fingerprint density at radius 3 is 2.54 bits per heavy atom. The number of carbonyl (C=O) groups is 2. The summed E-state index contributed by atoms with van der Waals surface area (Å²) in [6.45, 7) is 7.28. The van der Waals surface area contributed by atoms with E-state index in [1.54, 1.807) is 25.5 Å². The Kier molecular flexibility index (Phi) is 5.52. The maximum atomic E-state index is 12.5. The molecule has 6 nitrogen and oxygen atoms in total. The third-order valence-corrected chi connectivity index (χ3v) is 3.45. The van der Waals surface area contributed by atoms with Crippen LogP contribution in [0.5, 0.6) is 0 Å². The minimum atomic E-state index is -0.483. The van der Waals surface area contributed by atoms with Crippen LogP contribution in [0.15, 0.2) is 42.1 Å². The SMILES string of the molecule is CCOC(=O)/C=C(\C)NC(=O)c1c(C)nn(-c2ccccc2)c1C. The molecule has 0 aliphatic heterocycles. The summed E-state index contributed by atoms with van der Waals surface area (Å²) < 4.78 is 6.56. The molecule has 1 aromatic heterocycles. The normalized spacial score (nSPS) is 11.2. The number of aromatic nitrogens is 2. The molecule has 0 unspecified atom stereocenters. The van der Waals surface area contributed by atoms with Crippen molar-refractivity contribution >= 4 is 11.9 Å². The van der Waals surface area contributed by atoms with Crippen LogP contribution in [0, 0.1) is 13.8 Å². The Labute approximate surface area is 141 Å². The second-order valence-electron chi connectivity index (χ2n) is 5.33. The first-order valence-electron chi connectivity index (χ1n) is 7.72. The monoisotopic (exact) mass is 327 g/mol. The molecule has 2 rings (SSSR count). The number of nitrogens with one attached hydrogen (secondary N) is 1. The number of benzene rings is 1. The fourth-order valence-corrected chi connectivity index (χ4v) is 2.43. The third-order valence-electron chi connectivity index (χ3n) is 3.45. The molecule has 0 saturated carbocycles. The molecule has 2 aromatic rings. The van der Waals surface area contributed by atoms with E-state index in [1.807, 2.05) is 37.3 Å². The summed E-state index contributed by atoms with van der Waals surface area (Å²) in [6.07, 6.45) is 1.26. The number of aryl methyl sites for hydroxylation is 1. The van der Waals surface area contributed by atoms with E-state index in [2.05, 4.69) is 10.4 Å². The molecule has 0 bridgehead atoms. The van der Waals surface area contributed by atoms with Crippen molar-refractivity contribution in [1.82, 2.24) is 15.1 Å². The van der Waals surface area contributed by atoms with Gasteiger partial charge in [0.1, 0.15) is 0 Å². The first-order valence-corrected chi connectivity index (χ1v) is 7.72. The summed E-state index contributed by atoms with van der Waals surface area (Å²) in [5.41, 5.74) is 3.16. The lowest BCUT2D eigenvalue weighted by Gasteiger charge is -2.07. The largest absolute Gasteiger partial charge is 0.463 e. The molecule has 126 valence electrons. The highest BCUT2D eigenvalue weighted by Crippen LogP contribution is 2.18. The van der Waals surface area contributed by atoms with Gasteiger partial charge in [-0.25, -0.2) is 9.48 Å². The van der Waals surface area contributed by atoms with Crippen LogP contribution in [0.2, 0.25) is 0 Å². The Balaban J connectivity index is 2.25. The van der Waals surface area contributed by atoms with Crippen LogP contribution in [-0.2, 0) is 9.53 Å². The number of esters is 1. The third kappa shape index (κ3) is 3.90. The van der Waals surface area contributed by atoms with Crippen LogP contribution in [-0.4, -0.2) is 28.3 Å². The number of allylic oxidation sites excluding steroid dienone is 1. The smallest absolute Gasteiger partial charge is 0.332 e. The second-order valence-corrected chi connectivity index (χ2v) is 5.33. The van der Waals surface area contributed by atoms with Gasteiger partial charge < -0.3 is 10.1 Å². The Morgan fingerprint density at radius 1 is 1.25 bits per heavy atom. The van der Waals surface area contributed by atoms with Gasteiger partial charge in [-0.3, -0.25) is 4.79 Å². The zero-order valence-corrected chi connectivity index (χ0v) is 14.3. The zero-order valence-electron chi connectivity index (χ0n) is 14.3. The number of ether oxygens (including phenoxy) is 1. The summed E-state index contributed by atoms with van der Waals surface area (Å²) in [6, 6.07) is 9.60. The molecule has 0 saturated heterocycles. The van der Waals surface area contributed by atoms with Crippen molar-refractivity contribution in [2.45, 2.75) is 27.7 Å². The van der Waals surface area contributed by atoms with E-state index < -0.39 is 5.97 Å². The molecule has 1 amide bonds. The van der Waals surface area contributed by atoms with Crippen molar-refractivity contribution in [3.05, 3.63) is 59.1 Å². The molecule has 6 heteroatoms. The highest BCUT2D eigenvalue weighted by atomic mass is 16.5. The lowest BCUT2D eigenvalue weighted by molar-refractivity contribution is -0.137. The first-order chi connectivity index (χ1) is 11.4. The Morgan fingerprint density at radius 2 is 1.92 bits per heavy atom. The van der Waals surface area contributed by atoms with Crippen LogP contribution in [0.3, 0.4) is 0 Å². The predicted octanol–water partition coefficient (Wildman–Crippen LogP) is 2.69. The lowest BCUT2D eigenvalue weighted by atomic mass is 10.1. The summed E-state index contributed by atoms with van der Waals surface area (Å²) in [7, 11) is 0. The van der Waals surface area contributed by atoms with Gasteiger partial charge in [0.25, 0.3) is 5.91 Å². The number of nitrogens with zero attached hydrogens (tertiary/aromatic N) is 2. The standard InChI is InChI=1S/C18H21N3O3/c1-5-24-16(22)11-12(2)19-18(23)17-13(3)20-21(14(17)4)15-9-7-6-8-10-15/h6-11H,5H2,1-4H3,(H,19,23)/b12-11+. The molecule has 0 aliphatic rings. The number of para-hydroxylation sites is 1. The molecular weight excluding hydrogens is 306 g/mol. The fraction of sp³-hybridized carbons (Fsp3) is 0.278. The van der Waals surface area contributed by atoms with Gasteiger partial charge in [0.05, 0.1) is 29.2 Å². The molecular formula is C18H21N3O3. The van der Waals surface area contributed by atoms with Crippen LogP contribution in [0.1, 0.15) is 35.6 Å². The minimum Gasteiger partial charge on any atom is -0.463 e. The van der Waals surface area contributed by atoms with Gasteiger partial charge in [-0.05, 0) is 39.8 Å². The van der Waals surface area contributed by atoms with Crippen molar-refractivity contribution in [1.29, 1.82) is 0 Å². The summed E-state index contributed by atoms with van der Waals surface area (Å²) in [5, 5.41) is 7.14. The maximum absolute atomic E-state index is 12.5. The van der Waals surface area contributed by atoms with Crippen LogP contribution in [0.25, 0.3) is 5.69 Å². The van der Waals surface area contributed by atoms with Crippen molar-refractivity contribution < 1.29 is 14.3 Å². The molecule has 0 spiro atoms. The van der Waals surface area contributed by atoms with Gasteiger partial charge in [-0.15, -0.1) is 0 Å². The number of rotatable bonds is 5. The summed E-state index contributed by atoms with van der Waals surface area (Å²) >= 11 is 0. The van der Waals surface area contributed by atoms with E-state index in [0.29, 0.717) is 23.6 Å². The van der Waals surface area contributed by atoms with Gasteiger partial charge in [0.15, 0.2) is 0 Å². The van der Waals surface area contributed by atoms with Crippen LogP contribution >= 0.6 is 0 Å². The number of hydrogen-bond donors (Lipinski definition) is 1. The zero-order chi connectivity index (χ0) is 17.7. The predicted molar refractivity (Wildman–Crippen MR) is 90.9 cm³/mol. The highest BCUT2D eigenvalue weighted by Gasteiger charge is 2.19. The molecule has 1 aromatic carbocycles. The molecule has 0 aliphatic carbocycles.